The molecule has 0 aromatic heterocycles. The van der Waals surface area contributed by atoms with Crippen LogP contribution in [-0.4, -0.2) is 38.8 Å². The lowest BCUT2D eigenvalue weighted by atomic mass is 9.98. The second kappa shape index (κ2) is 8.73. The minimum absolute atomic E-state index is 0.0164. The Morgan fingerprint density at radius 1 is 1.17 bits per heavy atom. The number of sulfonamides is 1. The summed E-state index contributed by atoms with van der Waals surface area (Å²) in [5.41, 5.74) is 2.95. The molecule has 0 radical (unpaired) electrons. The van der Waals surface area contributed by atoms with E-state index in [1.165, 1.54) is 23.5 Å². The van der Waals surface area contributed by atoms with Gasteiger partial charge in [-0.1, -0.05) is 17.7 Å². The van der Waals surface area contributed by atoms with Crippen molar-refractivity contribution in [1.82, 2.24) is 4.31 Å². The van der Waals surface area contributed by atoms with Gasteiger partial charge >= 0.3 is 0 Å². The summed E-state index contributed by atoms with van der Waals surface area (Å²) in [4.78, 5) is 12.8. The normalized spacial score (nSPS) is 17.7. The summed E-state index contributed by atoms with van der Waals surface area (Å²) in [6.45, 7) is 4.47. The molecule has 156 valence electrons. The molecule has 29 heavy (non-hydrogen) atoms. The van der Waals surface area contributed by atoms with Crippen molar-refractivity contribution in [2.45, 2.75) is 31.6 Å². The first kappa shape index (κ1) is 21.6. The van der Waals surface area contributed by atoms with Crippen molar-refractivity contribution in [3.8, 4) is 5.75 Å². The number of benzene rings is 2. The largest absolute Gasteiger partial charge is 0.495 e. The van der Waals surface area contributed by atoms with Crippen molar-refractivity contribution < 1.29 is 17.9 Å². The second-order valence-electron chi connectivity index (χ2n) is 7.29. The monoisotopic (exact) mass is 436 g/mol. The molecule has 1 N–H and O–H groups in total. The van der Waals surface area contributed by atoms with E-state index >= 15 is 0 Å². The first-order valence-corrected chi connectivity index (χ1v) is 11.3. The van der Waals surface area contributed by atoms with Gasteiger partial charge in [0.1, 0.15) is 10.6 Å². The van der Waals surface area contributed by atoms with Crippen molar-refractivity contribution >= 4 is 33.2 Å². The Hall–Kier alpha value is -2.09. The van der Waals surface area contributed by atoms with Crippen LogP contribution in [-0.2, 0) is 14.8 Å². The predicted molar refractivity (Wildman–Crippen MR) is 114 cm³/mol. The number of anilines is 1. The van der Waals surface area contributed by atoms with Gasteiger partial charge in [-0.3, -0.25) is 4.79 Å². The molecule has 1 atom stereocenters. The molecule has 1 heterocycles. The summed E-state index contributed by atoms with van der Waals surface area (Å²) >= 11 is 6.01. The van der Waals surface area contributed by atoms with Gasteiger partial charge in [0.2, 0.25) is 15.9 Å². The van der Waals surface area contributed by atoms with E-state index in [1.54, 1.807) is 6.07 Å². The smallest absolute Gasteiger partial charge is 0.246 e. The minimum atomic E-state index is -3.84. The zero-order valence-electron chi connectivity index (χ0n) is 16.7. The third-order valence-electron chi connectivity index (χ3n) is 5.27. The number of amides is 1. The van der Waals surface area contributed by atoms with Gasteiger partial charge in [-0.05, 0) is 68.1 Å². The lowest BCUT2D eigenvalue weighted by molar-refractivity contribution is -0.120. The van der Waals surface area contributed by atoms with Crippen LogP contribution in [0.1, 0.15) is 24.0 Å². The number of methoxy groups -OCH3 is 1. The lowest BCUT2D eigenvalue weighted by Gasteiger charge is -2.31. The van der Waals surface area contributed by atoms with Crippen LogP contribution in [0.25, 0.3) is 0 Å². The highest BCUT2D eigenvalue weighted by molar-refractivity contribution is 7.89. The summed E-state index contributed by atoms with van der Waals surface area (Å²) in [5.74, 6) is -0.368. The molecule has 0 aliphatic carbocycles. The maximum absolute atomic E-state index is 13.2. The van der Waals surface area contributed by atoms with E-state index in [9.17, 15) is 13.2 Å². The summed E-state index contributed by atoms with van der Waals surface area (Å²) in [6, 6.07) is 10.2. The van der Waals surface area contributed by atoms with Gasteiger partial charge < -0.3 is 10.1 Å². The standard InChI is InChI=1S/C21H25ClN2O4S/c1-14-6-8-18(11-15(14)2)23-21(25)16-5-4-10-24(13-16)29(26,27)20-12-17(22)7-9-19(20)28-3/h6-9,11-12,16H,4-5,10,13H2,1-3H3,(H,23,25). The molecule has 6 nitrogen and oxygen atoms in total. The van der Waals surface area contributed by atoms with Crippen LogP contribution in [0.3, 0.4) is 0 Å². The van der Waals surface area contributed by atoms with E-state index < -0.39 is 15.9 Å². The Labute approximate surface area is 176 Å². The fraction of sp³-hybridized carbons (Fsp3) is 0.381. The van der Waals surface area contributed by atoms with Crippen LogP contribution in [0.2, 0.25) is 5.02 Å². The number of carbonyl (C=O) groups is 1. The average Bonchev–Trinajstić information content (AvgIpc) is 2.70. The van der Waals surface area contributed by atoms with Gasteiger partial charge in [-0.15, -0.1) is 0 Å². The quantitative estimate of drug-likeness (QED) is 0.768. The van der Waals surface area contributed by atoms with Gasteiger partial charge in [-0.25, -0.2) is 8.42 Å². The van der Waals surface area contributed by atoms with Crippen molar-refractivity contribution in [2.75, 3.05) is 25.5 Å². The van der Waals surface area contributed by atoms with Crippen molar-refractivity contribution in [3.63, 3.8) is 0 Å². The molecule has 1 fully saturated rings. The van der Waals surface area contributed by atoms with Crippen LogP contribution < -0.4 is 10.1 Å². The number of nitrogens with zero attached hydrogens (tertiary/aromatic N) is 1. The number of rotatable bonds is 5. The second-order valence-corrected chi connectivity index (χ2v) is 9.63. The fourth-order valence-corrected chi connectivity index (χ4v) is 5.37. The molecule has 2 aromatic rings. The summed E-state index contributed by atoms with van der Waals surface area (Å²) in [7, 11) is -2.42. The van der Waals surface area contributed by atoms with E-state index in [-0.39, 0.29) is 23.1 Å². The maximum atomic E-state index is 13.2. The highest BCUT2D eigenvalue weighted by atomic mass is 35.5. The van der Waals surface area contributed by atoms with Crippen LogP contribution >= 0.6 is 11.6 Å². The Balaban J connectivity index is 1.78. The molecule has 1 amide bonds. The predicted octanol–water partition coefficient (Wildman–Crippen LogP) is 4.00. The first-order valence-electron chi connectivity index (χ1n) is 9.44. The Kier molecular flexibility index (Phi) is 6.51. The van der Waals surface area contributed by atoms with E-state index in [2.05, 4.69) is 5.32 Å². The third-order valence-corrected chi connectivity index (χ3v) is 7.39. The van der Waals surface area contributed by atoms with Gasteiger partial charge in [-0.2, -0.15) is 4.31 Å². The minimum Gasteiger partial charge on any atom is -0.495 e. The SMILES string of the molecule is COc1ccc(Cl)cc1S(=O)(=O)N1CCCC(C(=O)Nc2ccc(C)c(C)c2)C1. The number of piperidine rings is 1. The lowest BCUT2D eigenvalue weighted by Crippen LogP contribution is -2.43. The molecule has 0 bridgehead atoms. The molecule has 3 rings (SSSR count). The van der Waals surface area contributed by atoms with Crippen LogP contribution in [0.4, 0.5) is 5.69 Å². The molecule has 1 unspecified atom stereocenters. The van der Waals surface area contributed by atoms with Gasteiger partial charge in [0.25, 0.3) is 0 Å². The molecular weight excluding hydrogens is 412 g/mol. The van der Waals surface area contributed by atoms with E-state index in [0.717, 1.165) is 16.8 Å². The van der Waals surface area contributed by atoms with Crippen molar-refractivity contribution in [2.24, 2.45) is 5.92 Å². The highest BCUT2D eigenvalue weighted by Crippen LogP contribution is 2.32. The zero-order chi connectivity index (χ0) is 21.2. The summed E-state index contributed by atoms with van der Waals surface area (Å²) in [6.07, 6.45) is 1.24. The van der Waals surface area contributed by atoms with Crippen LogP contribution in [0.15, 0.2) is 41.3 Å². The highest BCUT2D eigenvalue weighted by Gasteiger charge is 2.35. The zero-order valence-corrected chi connectivity index (χ0v) is 18.3. The van der Waals surface area contributed by atoms with E-state index in [0.29, 0.717) is 24.4 Å². The van der Waals surface area contributed by atoms with Crippen LogP contribution in [0, 0.1) is 19.8 Å². The number of halogens is 1. The molecule has 2 aromatic carbocycles. The molecular formula is C21H25ClN2O4S. The summed E-state index contributed by atoms with van der Waals surface area (Å²) in [5, 5.41) is 3.23. The molecule has 0 saturated carbocycles. The topological polar surface area (TPSA) is 75.7 Å². The van der Waals surface area contributed by atoms with E-state index in [1.807, 2.05) is 32.0 Å². The fourth-order valence-electron chi connectivity index (χ4n) is 3.43. The maximum Gasteiger partial charge on any atom is 0.246 e. The average molecular weight is 437 g/mol. The van der Waals surface area contributed by atoms with Gasteiger partial charge in [0, 0.05) is 23.8 Å². The molecule has 1 aliphatic heterocycles. The molecule has 1 aliphatic rings. The molecule has 0 spiro atoms. The van der Waals surface area contributed by atoms with Gasteiger partial charge in [0.15, 0.2) is 0 Å². The first-order chi connectivity index (χ1) is 13.7. The van der Waals surface area contributed by atoms with Crippen LogP contribution in [0.5, 0.6) is 5.75 Å². The van der Waals surface area contributed by atoms with E-state index in [4.69, 9.17) is 16.3 Å². The number of aryl methyl sites for hydroxylation is 2. The van der Waals surface area contributed by atoms with Crippen molar-refractivity contribution in [3.05, 3.63) is 52.5 Å². The van der Waals surface area contributed by atoms with Crippen molar-refractivity contribution in [1.29, 1.82) is 0 Å². The number of ether oxygens (including phenoxy) is 1. The number of hydrogen-bond donors (Lipinski definition) is 1. The number of hydrogen-bond acceptors (Lipinski definition) is 4. The number of nitrogens with one attached hydrogen (secondary N) is 1. The molecule has 1 saturated heterocycles. The summed E-state index contributed by atoms with van der Waals surface area (Å²) < 4.78 is 32.9. The number of carbonyl (C=O) groups excluding carboxylic acids is 1. The third kappa shape index (κ3) is 4.74. The Bertz CT molecular complexity index is 1020. The Morgan fingerprint density at radius 2 is 1.93 bits per heavy atom. The Morgan fingerprint density at radius 3 is 2.62 bits per heavy atom. The van der Waals surface area contributed by atoms with Gasteiger partial charge in [0.05, 0.1) is 13.0 Å². The molecule has 8 heteroatoms.